The van der Waals surface area contributed by atoms with E-state index in [9.17, 15) is 9.90 Å². The Morgan fingerprint density at radius 3 is 2.47 bits per heavy atom. The quantitative estimate of drug-likeness (QED) is 0.780. The first-order valence-electron chi connectivity index (χ1n) is 5.16. The minimum absolute atomic E-state index is 0.126. The number of phenolic OH excluding ortho intramolecular Hbond substituents is 1. The second-order valence-electron chi connectivity index (χ2n) is 2.61. The van der Waals surface area contributed by atoms with E-state index in [-0.39, 0.29) is 18.1 Å². The van der Waals surface area contributed by atoms with E-state index >= 15 is 0 Å². The Hall–Kier alpha value is -1.51. The van der Waals surface area contributed by atoms with Gasteiger partial charge in [-0.25, -0.2) is 0 Å². The highest BCUT2D eigenvalue weighted by Crippen LogP contribution is 2.16. The van der Waals surface area contributed by atoms with Gasteiger partial charge in [0.15, 0.2) is 0 Å². The lowest BCUT2D eigenvalue weighted by atomic mass is 10.1. The van der Waals surface area contributed by atoms with Gasteiger partial charge in [0.05, 0.1) is 13.0 Å². The molecule has 0 saturated carbocycles. The highest BCUT2D eigenvalue weighted by atomic mass is 16.5. The predicted molar refractivity (Wildman–Crippen MR) is 59.8 cm³/mol. The van der Waals surface area contributed by atoms with Gasteiger partial charge in [-0.2, -0.15) is 0 Å². The summed E-state index contributed by atoms with van der Waals surface area (Å²) in [6.07, 6.45) is 0.126. The third-order valence-electron chi connectivity index (χ3n) is 1.63. The molecule has 0 bridgehead atoms. The number of carbonyl (C=O) groups is 1. The van der Waals surface area contributed by atoms with Crippen LogP contribution in [0.15, 0.2) is 24.3 Å². The average molecular weight is 210 g/mol. The summed E-state index contributed by atoms with van der Waals surface area (Å²) in [5, 5.41) is 9.32. The standard InChI is InChI=1S/C10H12O3.C2H6/c1-2-13-10(12)7-8-5-3-4-6-9(8)11;1-2/h3-6,11H,2,7H2,1H3;1-2H3. The molecule has 1 N–H and O–H groups in total. The van der Waals surface area contributed by atoms with Crippen LogP contribution in [-0.2, 0) is 16.0 Å². The van der Waals surface area contributed by atoms with Crippen LogP contribution in [0.4, 0.5) is 0 Å². The molecule has 15 heavy (non-hydrogen) atoms. The lowest BCUT2D eigenvalue weighted by Crippen LogP contribution is -2.07. The Morgan fingerprint density at radius 1 is 1.33 bits per heavy atom. The summed E-state index contributed by atoms with van der Waals surface area (Å²) in [4.78, 5) is 11.0. The van der Waals surface area contributed by atoms with Crippen molar-refractivity contribution in [1.29, 1.82) is 0 Å². The molecule has 0 saturated heterocycles. The number of rotatable bonds is 3. The maximum absolute atomic E-state index is 11.0. The van der Waals surface area contributed by atoms with E-state index in [0.29, 0.717) is 12.2 Å². The topological polar surface area (TPSA) is 46.5 Å². The van der Waals surface area contributed by atoms with E-state index in [4.69, 9.17) is 4.74 Å². The fourth-order valence-corrected chi connectivity index (χ4v) is 1.03. The van der Waals surface area contributed by atoms with Crippen molar-refractivity contribution in [3.63, 3.8) is 0 Å². The molecular weight excluding hydrogens is 192 g/mol. The Kier molecular flexibility index (Phi) is 7.06. The van der Waals surface area contributed by atoms with Gasteiger partial charge in [0.1, 0.15) is 5.75 Å². The third-order valence-corrected chi connectivity index (χ3v) is 1.63. The molecule has 0 unspecified atom stereocenters. The summed E-state index contributed by atoms with van der Waals surface area (Å²) in [5.74, 6) is -0.181. The third kappa shape index (κ3) is 5.05. The molecule has 1 rings (SSSR count). The molecule has 0 aromatic heterocycles. The maximum Gasteiger partial charge on any atom is 0.310 e. The lowest BCUT2D eigenvalue weighted by Gasteiger charge is -2.03. The van der Waals surface area contributed by atoms with E-state index in [0.717, 1.165) is 0 Å². The molecular formula is C12H18O3. The molecule has 0 radical (unpaired) electrons. The monoisotopic (exact) mass is 210 g/mol. The lowest BCUT2D eigenvalue weighted by molar-refractivity contribution is -0.142. The van der Waals surface area contributed by atoms with E-state index in [1.807, 2.05) is 13.8 Å². The number of carbonyl (C=O) groups excluding carboxylic acids is 1. The fraction of sp³-hybridized carbons (Fsp3) is 0.417. The molecule has 3 heteroatoms. The number of benzene rings is 1. The van der Waals surface area contributed by atoms with Crippen molar-refractivity contribution >= 4 is 5.97 Å². The number of aromatic hydroxyl groups is 1. The summed E-state index contributed by atoms with van der Waals surface area (Å²) < 4.78 is 4.75. The second kappa shape index (κ2) is 7.85. The Labute approximate surface area is 90.7 Å². The summed E-state index contributed by atoms with van der Waals surface area (Å²) in [6, 6.07) is 6.74. The summed E-state index contributed by atoms with van der Waals surface area (Å²) >= 11 is 0. The van der Waals surface area contributed by atoms with Gasteiger partial charge < -0.3 is 9.84 Å². The Bertz CT molecular complexity index is 295. The molecule has 84 valence electrons. The van der Waals surface area contributed by atoms with Gasteiger partial charge in [0.2, 0.25) is 0 Å². The molecule has 0 aliphatic heterocycles. The van der Waals surface area contributed by atoms with Gasteiger partial charge >= 0.3 is 5.97 Å². The molecule has 1 aromatic carbocycles. The molecule has 0 aliphatic rings. The van der Waals surface area contributed by atoms with Crippen LogP contribution in [0.3, 0.4) is 0 Å². The first-order valence-corrected chi connectivity index (χ1v) is 5.16. The number of esters is 1. The minimum Gasteiger partial charge on any atom is -0.508 e. The van der Waals surface area contributed by atoms with E-state index in [1.54, 1.807) is 31.2 Å². The number of para-hydroxylation sites is 1. The van der Waals surface area contributed by atoms with Crippen LogP contribution in [0, 0.1) is 0 Å². The van der Waals surface area contributed by atoms with Crippen LogP contribution in [0.5, 0.6) is 5.75 Å². The number of ether oxygens (including phenoxy) is 1. The molecule has 0 spiro atoms. The maximum atomic E-state index is 11.0. The van der Waals surface area contributed by atoms with Gasteiger partial charge in [-0.05, 0) is 13.0 Å². The normalized spacial score (nSPS) is 8.73. The van der Waals surface area contributed by atoms with E-state index in [2.05, 4.69) is 0 Å². The molecule has 0 fully saturated rings. The van der Waals surface area contributed by atoms with Crippen molar-refractivity contribution in [2.45, 2.75) is 27.2 Å². The zero-order valence-corrected chi connectivity index (χ0v) is 9.49. The van der Waals surface area contributed by atoms with Crippen LogP contribution in [0.2, 0.25) is 0 Å². The largest absolute Gasteiger partial charge is 0.508 e. The predicted octanol–water partition coefficient (Wildman–Crippen LogP) is 2.52. The Balaban J connectivity index is 0.000000921. The summed E-state index contributed by atoms with van der Waals surface area (Å²) in [5.41, 5.74) is 0.598. The first-order chi connectivity index (χ1) is 7.24. The molecule has 0 atom stereocenters. The SMILES string of the molecule is CC.CCOC(=O)Cc1ccccc1O. The van der Waals surface area contributed by atoms with Gasteiger partial charge in [-0.3, -0.25) is 4.79 Å². The van der Waals surface area contributed by atoms with Crippen molar-refractivity contribution in [2.75, 3.05) is 6.61 Å². The van der Waals surface area contributed by atoms with Crippen molar-refractivity contribution in [2.24, 2.45) is 0 Å². The van der Waals surface area contributed by atoms with Gasteiger partial charge in [0.25, 0.3) is 0 Å². The molecule has 0 amide bonds. The van der Waals surface area contributed by atoms with Crippen LogP contribution in [0.1, 0.15) is 26.3 Å². The smallest absolute Gasteiger partial charge is 0.310 e. The van der Waals surface area contributed by atoms with Gasteiger partial charge in [-0.15, -0.1) is 0 Å². The zero-order chi connectivity index (χ0) is 11.7. The highest BCUT2D eigenvalue weighted by molar-refractivity contribution is 5.73. The van der Waals surface area contributed by atoms with Crippen molar-refractivity contribution in [3.8, 4) is 5.75 Å². The first kappa shape index (κ1) is 13.5. The molecule has 3 nitrogen and oxygen atoms in total. The van der Waals surface area contributed by atoms with E-state index < -0.39 is 0 Å². The fourth-order valence-electron chi connectivity index (χ4n) is 1.03. The van der Waals surface area contributed by atoms with E-state index in [1.165, 1.54) is 0 Å². The van der Waals surface area contributed by atoms with Gasteiger partial charge in [0, 0.05) is 5.56 Å². The molecule has 1 aromatic rings. The van der Waals surface area contributed by atoms with Gasteiger partial charge in [-0.1, -0.05) is 32.0 Å². The van der Waals surface area contributed by atoms with Crippen LogP contribution < -0.4 is 0 Å². The molecule has 0 heterocycles. The Morgan fingerprint density at radius 2 is 1.93 bits per heavy atom. The number of phenols is 1. The average Bonchev–Trinajstić information content (AvgIpc) is 2.25. The van der Waals surface area contributed by atoms with Crippen LogP contribution in [-0.4, -0.2) is 17.7 Å². The zero-order valence-electron chi connectivity index (χ0n) is 9.49. The summed E-state index contributed by atoms with van der Waals surface area (Å²) in [7, 11) is 0. The van der Waals surface area contributed by atoms with Crippen LogP contribution >= 0.6 is 0 Å². The number of hydrogen-bond donors (Lipinski definition) is 1. The van der Waals surface area contributed by atoms with Crippen molar-refractivity contribution in [3.05, 3.63) is 29.8 Å². The number of hydrogen-bond acceptors (Lipinski definition) is 3. The molecule has 0 aliphatic carbocycles. The minimum atomic E-state index is -0.316. The second-order valence-corrected chi connectivity index (χ2v) is 2.61. The van der Waals surface area contributed by atoms with Crippen molar-refractivity contribution in [1.82, 2.24) is 0 Å². The summed E-state index contributed by atoms with van der Waals surface area (Å²) in [6.45, 7) is 6.12. The van der Waals surface area contributed by atoms with Crippen molar-refractivity contribution < 1.29 is 14.6 Å². The van der Waals surface area contributed by atoms with Crippen LogP contribution in [0.25, 0.3) is 0 Å². The highest BCUT2D eigenvalue weighted by Gasteiger charge is 2.06.